The number of fused-ring (bicyclic) bond motifs is 3. The lowest BCUT2D eigenvalue weighted by Crippen LogP contribution is -2.18. The summed E-state index contributed by atoms with van der Waals surface area (Å²) in [5, 5.41) is 12.7. The topological polar surface area (TPSA) is 53.3 Å². The summed E-state index contributed by atoms with van der Waals surface area (Å²) >= 11 is 0. The van der Waals surface area contributed by atoms with Crippen molar-refractivity contribution in [2.75, 3.05) is 24.3 Å². The molecule has 0 saturated carbocycles. The van der Waals surface area contributed by atoms with Crippen molar-refractivity contribution in [3.63, 3.8) is 0 Å². The van der Waals surface area contributed by atoms with Gasteiger partial charge in [0.05, 0.1) is 11.9 Å². The van der Waals surface area contributed by atoms with Gasteiger partial charge in [-0.15, -0.1) is 0 Å². The van der Waals surface area contributed by atoms with E-state index in [9.17, 15) is 5.11 Å². The van der Waals surface area contributed by atoms with E-state index in [1.165, 1.54) is 16.8 Å². The van der Waals surface area contributed by atoms with Crippen LogP contribution in [0.3, 0.4) is 0 Å². The molecule has 0 fully saturated rings. The molecule has 0 unspecified atom stereocenters. The first-order chi connectivity index (χ1) is 8.58. The monoisotopic (exact) mass is 244 g/mol. The van der Waals surface area contributed by atoms with Gasteiger partial charge >= 0.3 is 0 Å². The van der Waals surface area contributed by atoms with Gasteiger partial charge in [0.1, 0.15) is 0 Å². The molecule has 94 valence electrons. The Morgan fingerprint density at radius 1 is 1.39 bits per heavy atom. The Bertz CT molecular complexity index is 616. The van der Waals surface area contributed by atoms with Crippen LogP contribution >= 0.6 is 0 Å². The molecule has 2 N–H and O–H groups in total. The Morgan fingerprint density at radius 2 is 2.17 bits per heavy atom. The highest BCUT2D eigenvalue weighted by atomic mass is 16.3. The van der Waals surface area contributed by atoms with Gasteiger partial charge in [0, 0.05) is 31.9 Å². The average molecular weight is 244 g/mol. The lowest BCUT2D eigenvalue weighted by Gasteiger charge is -2.25. The normalized spacial score (nSPS) is 12.6. The van der Waals surface area contributed by atoms with Crippen molar-refractivity contribution in [2.45, 2.75) is 13.5 Å². The van der Waals surface area contributed by atoms with Crippen molar-refractivity contribution in [2.24, 2.45) is 0 Å². The molecule has 5 nitrogen and oxygen atoms in total. The molecular weight excluding hydrogens is 228 g/mol. The van der Waals surface area contributed by atoms with Gasteiger partial charge in [0.15, 0.2) is 0 Å². The molecule has 0 saturated heterocycles. The van der Waals surface area contributed by atoms with Crippen molar-refractivity contribution >= 4 is 11.6 Å². The molecule has 0 aliphatic carbocycles. The van der Waals surface area contributed by atoms with Gasteiger partial charge in [-0.2, -0.15) is 4.98 Å². The summed E-state index contributed by atoms with van der Waals surface area (Å²) in [6, 6.07) is 4.17. The second kappa shape index (κ2) is 3.66. The van der Waals surface area contributed by atoms with E-state index in [0.29, 0.717) is 5.95 Å². The number of aromatic nitrogens is 2. The number of hydrogen-bond donors (Lipinski definition) is 2. The molecule has 2 aromatic rings. The van der Waals surface area contributed by atoms with Gasteiger partial charge in [0.25, 0.3) is 0 Å². The molecule has 0 bridgehead atoms. The molecule has 1 aliphatic rings. The predicted molar refractivity (Wildman–Crippen MR) is 71.6 cm³/mol. The Hall–Kier alpha value is -2.17. The lowest BCUT2D eigenvalue weighted by molar-refractivity contribution is 0.456. The van der Waals surface area contributed by atoms with E-state index in [0.717, 1.165) is 12.2 Å². The van der Waals surface area contributed by atoms with E-state index >= 15 is 0 Å². The summed E-state index contributed by atoms with van der Waals surface area (Å²) in [5.74, 6) is 0.733. The largest absolute Gasteiger partial charge is 0.492 e. The number of nitrogens with one attached hydrogen (secondary N) is 1. The molecule has 1 aromatic heterocycles. The highest BCUT2D eigenvalue weighted by molar-refractivity contribution is 5.65. The number of nitrogens with zero attached hydrogens (tertiary/aromatic N) is 3. The number of rotatable bonds is 1. The molecular formula is C13H16N4O. The molecule has 18 heavy (non-hydrogen) atoms. The first-order valence-corrected chi connectivity index (χ1v) is 5.90. The van der Waals surface area contributed by atoms with Crippen LogP contribution in [0.1, 0.15) is 11.1 Å². The van der Waals surface area contributed by atoms with Crippen LogP contribution < -0.4 is 10.2 Å². The van der Waals surface area contributed by atoms with Gasteiger partial charge < -0.3 is 15.3 Å². The summed E-state index contributed by atoms with van der Waals surface area (Å²) in [5.41, 5.74) is 4.79. The number of hydrogen-bond acceptors (Lipinski definition) is 4. The van der Waals surface area contributed by atoms with Crippen molar-refractivity contribution in [3.05, 3.63) is 29.5 Å². The van der Waals surface area contributed by atoms with Gasteiger partial charge in [-0.25, -0.2) is 0 Å². The second-order valence-corrected chi connectivity index (χ2v) is 4.75. The van der Waals surface area contributed by atoms with Crippen LogP contribution in [-0.4, -0.2) is 28.8 Å². The Kier molecular flexibility index (Phi) is 2.23. The van der Waals surface area contributed by atoms with Crippen molar-refractivity contribution < 1.29 is 5.11 Å². The molecule has 2 heterocycles. The van der Waals surface area contributed by atoms with Crippen molar-refractivity contribution in [1.82, 2.24) is 9.55 Å². The van der Waals surface area contributed by atoms with E-state index in [2.05, 4.69) is 34.3 Å². The third-order valence-electron chi connectivity index (χ3n) is 3.40. The van der Waals surface area contributed by atoms with Crippen LogP contribution in [0.25, 0.3) is 5.69 Å². The molecule has 0 spiro atoms. The fourth-order valence-electron chi connectivity index (χ4n) is 2.51. The fraction of sp³-hybridized carbons (Fsp3) is 0.308. The zero-order valence-corrected chi connectivity index (χ0v) is 10.7. The van der Waals surface area contributed by atoms with Crippen LogP contribution in [0.2, 0.25) is 0 Å². The third kappa shape index (κ3) is 1.44. The minimum Gasteiger partial charge on any atom is -0.492 e. The maximum Gasteiger partial charge on any atom is 0.231 e. The zero-order valence-electron chi connectivity index (χ0n) is 10.7. The van der Waals surface area contributed by atoms with Crippen LogP contribution in [0.15, 0.2) is 18.3 Å². The highest BCUT2D eigenvalue weighted by Gasteiger charge is 2.20. The van der Waals surface area contributed by atoms with Crippen LogP contribution in [0, 0.1) is 6.92 Å². The van der Waals surface area contributed by atoms with E-state index in [4.69, 9.17) is 0 Å². The average Bonchev–Trinajstić information content (AvgIpc) is 2.69. The first kappa shape index (κ1) is 11.0. The first-order valence-electron chi connectivity index (χ1n) is 5.90. The van der Waals surface area contributed by atoms with Crippen molar-refractivity contribution in [1.29, 1.82) is 0 Å². The SMILES string of the molecule is Cc1c(N(C)C)ccc2c1CNc1nc(O)cn1-2. The lowest BCUT2D eigenvalue weighted by atomic mass is 10.0. The minimum absolute atomic E-state index is 0.0414. The van der Waals surface area contributed by atoms with Gasteiger partial charge in [-0.1, -0.05) is 0 Å². The zero-order chi connectivity index (χ0) is 12.9. The highest BCUT2D eigenvalue weighted by Crippen LogP contribution is 2.33. The number of aromatic hydroxyl groups is 1. The molecule has 5 heteroatoms. The standard InChI is InChI=1S/C13H16N4O/c1-8-9-6-14-13-15-12(18)7-17(13)11(9)5-4-10(8)16(2)3/h4-5,7,18H,6H2,1-3H3,(H,14,15). The summed E-state index contributed by atoms with van der Waals surface area (Å²) in [6.07, 6.45) is 1.63. The van der Waals surface area contributed by atoms with Crippen LogP contribution in [0.5, 0.6) is 5.88 Å². The molecule has 1 aliphatic heterocycles. The maximum atomic E-state index is 9.48. The maximum absolute atomic E-state index is 9.48. The Balaban J connectivity index is 2.21. The Labute approximate surface area is 106 Å². The number of imidazole rings is 1. The van der Waals surface area contributed by atoms with Gasteiger partial charge in [0.2, 0.25) is 11.8 Å². The molecule has 3 rings (SSSR count). The predicted octanol–water partition coefficient (Wildman–Crippen LogP) is 1.88. The molecule has 0 amide bonds. The van der Waals surface area contributed by atoms with Gasteiger partial charge in [-0.3, -0.25) is 4.57 Å². The Morgan fingerprint density at radius 3 is 2.89 bits per heavy atom. The van der Waals surface area contributed by atoms with Crippen LogP contribution in [0.4, 0.5) is 11.6 Å². The van der Waals surface area contributed by atoms with E-state index in [1.54, 1.807) is 6.20 Å². The quantitative estimate of drug-likeness (QED) is 0.804. The molecule has 1 aromatic carbocycles. The van der Waals surface area contributed by atoms with E-state index in [-0.39, 0.29) is 5.88 Å². The second-order valence-electron chi connectivity index (χ2n) is 4.75. The smallest absolute Gasteiger partial charge is 0.231 e. The molecule has 0 radical (unpaired) electrons. The summed E-state index contributed by atoms with van der Waals surface area (Å²) < 4.78 is 1.89. The summed E-state index contributed by atoms with van der Waals surface area (Å²) in [7, 11) is 4.08. The van der Waals surface area contributed by atoms with Gasteiger partial charge in [-0.05, 0) is 24.6 Å². The summed E-state index contributed by atoms with van der Waals surface area (Å²) in [4.78, 5) is 6.14. The van der Waals surface area contributed by atoms with Crippen molar-refractivity contribution in [3.8, 4) is 11.6 Å². The third-order valence-corrected chi connectivity index (χ3v) is 3.40. The summed E-state index contributed by atoms with van der Waals surface area (Å²) in [6.45, 7) is 2.86. The molecule has 0 atom stereocenters. The fourth-order valence-corrected chi connectivity index (χ4v) is 2.51. The van der Waals surface area contributed by atoms with E-state index < -0.39 is 0 Å². The minimum atomic E-state index is 0.0414. The number of anilines is 2. The number of benzene rings is 1. The van der Waals surface area contributed by atoms with Crippen LogP contribution in [-0.2, 0) is 6.54 Å². The van der Waals surface area contributed by atoms with E-state index in [1.807, 2.05) is 18.7 Å².